The molecule has 1 saturated carbocycles. The Kier molecular flexibility index (Phi) is 4.20. The van der Waals surface area contributed by atoms with E-state index in [1.807, 2.05) is 13.8 Å². The van der Waals surface area contributed by atoms with Crippen molar-refractivity contribution in [2.75, 3.05) is 24.2 Å². The number of rotatable bonds is 5. The van der Waals surface area contributed by atoms with Crippen LogP contribution in [0, 0.1) is 30.0 Å². The predicted octanol–water partition coefficient (Wildman–Crippen LogP) is 2.38. The molecule has 0 radical (unpaired) electrons. The molecule has 2 atom stereocenters. The lowest BCUT2D eigenvalue weighted by molar-refractivity contribution is -0.121. The van der Waals surface area contributed by atoms with Crippen LogP contribution in [0.5, 0.6) is 0 Å². The molecule has 24 heavy (non-hydrogen) atoms. The van der Waals surface area contributed by atoms with Gasteiger partial charge in [-0.2, -0.15) is 0 Å². The molecular weight excluding hydrogens is 331 g/mol. The van der Waals surface area contributed by atoms with Crippen molar-refractivity contribution in [1.29, 1.82) is 0 Å². The Hall–Kier alpha value is -1.47. The minimum atomic E-state index is -3.31. The van der Waals surface area contributed by atoms with Gasteiger partial charge in [0.1, 0.15) is 5.82 Å². The minimum Gasteiger partial charge on any atom is -0.326 e. The highest BCUT2D eigenvalue weighted by Gasteiger charge is 2.66. The Morgan fingerprint density at radius 3 is 2.79 bits per heavy atom. The summed E-state index contributed by atoms with van der Waals surface area (Å²) in [4.78, 5) is 12.6. The number of halogens is 1. The lowest BCUT2D eigenvalue weighted by Gasteiger charge is -2.21. The van der Waals surface area contributed by atoms with Crippen LogP contribution in [-0.2, 0) is 14.8 Å². The van der Waals surface area contributed by atoms with Crippen LogP contribution in [0.15, 0.2) is 18.2 Å². The summed E-state index contributed by atoms with van der Waals surface area (Å²) in [5.74, 6) is -0.239. The number of carbonyl (C=O) groups excluding carboxylic acids is 1. The molecule has 7 heteroatoms. The molecule has 132 valence electrons. The molecule has 5 nitrogen and oxygen atoms in total. The normalized spacial score (nSPS) is 26.5. The standard InChI is InChI=1S/C17H23FN2O3S/c1-11(2)9-24(22,23)20-8-13-7-17(13,10-20)16(21)19-14-4-5-15(18)12(3)6-14/h4-6,11,13H,7-10H2,1-3H3,(H,19,21). The second kappa shape index (κ2) is 5.81. The first-order valence-corrected chi connectivity index (χ1v) is 9.80. The van der Waals surface area contributed by atoms with Crippen molar-refractivity contribution in [2.45, 2.75) is 27.2 Å². The second-order valence-corrected chi connectivity index (χ2v) is 9.45. The molecule has 0 spiro atoms. The fourth-order valence-electron chi connectivity index (χ4n) is 3.51. The summed E-state index contributed by atoms with van der Waals surface area (Å²) in [6.45, 7) is 6.05. The first-order valence-electron chi connectivity index (χ1n) is 8.19. The first-order chi connectivity index (χ1) is 11.1. The van der Waals surface area contributed by atoms with Crippen LogP contribution < -0.4 is 5.32 Å². The van der Waals surface area contributed by atoms with Gasteiger partial charge in [-0.3, -0.25) is 4.79 Å². The van der Waals surface area contributed by atoms with E-state index >= 15 is 0 Å². The van der Waals surface area contributed by atoms with E-state index in [1.54, 1.807) is 13.0 Å². The maximum absolute atomic E-state index is 13.3. The first kappa shape index (κ1) is 17.4. The average Bonchev–Trinajstić information content (AvgIpc) is 3.04. The van der Waals surface area contributed by atoms with E-state index in [9.17, 15) is 17.6 Å². The fraction of sp³-hybridized carbons (Fsp3) is 0.588. The lowest BCUT2D eigenvalue weighted by atomic mass is 10.1. The van der Waals surface area contributed by atoms with Gasteiger partial charge in [0.15, 0.2) is 0 Å². The lowest BCUT2D eigenvalue weighted by Crippen LogP contribution is -2.37. The number of nitrogens with one attached hydrogen (secondary N) is 1. The summed E-state index contributed by atoms with van der Waals surface area (Å²) in [5, 5.41) is 2.82. The summed E-state index contributed by atoms with van der Waals surface area (Å²) in [6.07, 6.45) is 0.715. The molecule has 3 rings (SSSR count). The quantitative estimate of drug-likeness (QED) is 0.883. The third kappa shape index (κ3) is 3.07. The van der Waals surface area contributed by atoms with Gasteiger partial charge in [0.2, 0.25) is 15.9 Å². The van der Waals surface area contributed by atoms with Gasteiger partial charge >= 0.3 is 0 Å². The van der Waals surface area contributed by atoms with Gasteiger partial charge < -0.3 is 5.32 Å². The summed E-state index contributed by atoms with van der Waals surface area (Å²) in [7, 11) is -3.31. The summed E-state index contributed by atoms with van der Waals surface area (Å²) in [5.41, 5.74) is 0.388. The van der Waals surface area contributed by atoms with Gasteiger partial charge in [-0.15, -0.1) is 0 Å². The largest absolute Gasteiger partial charge is 0.326 e. The van der Waals surface area contributed by atoms with Crippen LogP contribution in [0.3, 0.4) is 0 Å². The third-order valence-corrected chi connectivity index (χ3v) is 7.07. The maximum atomic E-state index is 13.3. The number of anilines is 1. The van der Waals surface area contributed by atoms with E-state index in [2.05, 4.69) is 5.32 Å². The number of benzene rings is 1. The van der Waals surface area contributed by atoms with E-state index in [0.29, 0.717) is 24.2 Å². The topological polar surface area (TPSA) is 66.5 Å². The van der Waals surface area contributed by atoms with Gasteiger partial charge in [0.25, 0.3) is 0 Å². The molecule has 0 aromatic heterocycles. The Bertz CT molecular complexity index is 778. The van der Waals surface area contributed by atoms with Crippen LogP contribution in [0.25, 0.3) is 0 Å². The van der Waals surface area contributed by atoms with Crippen molar-refractivity contribution < 1.29 is 17.6 Å². The average molecular weight is 354 g/mol. The van der Waals surface area contributed by atoms with Gasteiger partial charge in [0, 0.05) is 18.8 Å². The number of hydrogen-bond acceptors (Lipinski definition) is 3. The Morgan fingerprint density at radius 1 is 1.46 bits per heavy atom. The molecule has 1 amide bonds. The van der Waals surface area contributed by atoms with Gasteiger partial charge in [-0.1, -0.05) is 13.8 Å². The van der Waals surface area contributed by atoms with E-state index < -0.39 is 15.4 Å². The Morgan fingerprint density at radius 2 is 2.17 bits per heavy atom. The van der Waals surface area contributed by atoms with Crippen molar-refractivity contribution >= 4 is 21.6 Å². The van der Waals surface area contributed by atoms with Crippen LogP contribution in [0.1, 0.15) is 25.8 Å². The van der Waals surface area contributed by atoms with Crippen molar-refractivity contribution in [3.8, 4) is 0 Å². The SMILES string of the molecule is Cc1cc(NC(=O)C23CC2CN(S(=O)(=O)CC(C)C)C3)ccc1F. The highest BCUT2D eigenvalue weighted by molar-refractivity contribution is 7.89. The molecule has 1 heterocycles. The zero-order valence-electron chi connectivity index (χ0n) is 14.2. The summed E-state index contributed by atoms with van der Waals surface area (Å²) >= 11 is 0. The van der Waals surface area contributed by atoms with Crippen LogP contribution in [-0.4, -0.2) is 37.5 Å². The number of nitrogens with zero attached hydrogens (tertiary/aromatic N) is 1. The van der Waals surface area contributed by atoms with Crippen LogP contribution in [0.2, 0.25) is 0 Å². The number of aryl methyl sites for hydroxylation is 1. The molecule has 1 aliphatic heterocycles. The fourth-order valence-corrected chi connectivity index (χ4v) is 5.39. The van der Waals surface area contributed by atoms with Gasteiger partial charge in [0.05, 0.1) is 11.2 Å². The van der Waals surface area contributed by atoms with Crippen molar-refractivity contribution in [2.24, 2.45) is 17.3 Å². The molecule has 2 fully saturated rings. The second-order valence-electron chi connectivity index (χ2n) is 7.44. The van der Waals surface area contributed by atoms with E-state index in [0.717, 1.165) is 0 Å². The molecular formula is C17H23FN2O3S. The molecule has 1 saturated heterocycles. The third-order valence-electron chi connectivity index (χ3n) is 4.92. The van der Waals surface area contributed by atoms with E-state index in [4.69, 9.17) is 0 Å². The number of piperidine rings is 1. The van der Waals surface area contributed by atoms with Crippen molar-refractivity contribution in [1.82, 2.24) is 4.31 Å². The summed E-state index contributed by atoms with van der Waals surface area (Å²) in [6, 6.07) is 4.43. The van der Waals surface area contributed by atoms with Crippen LogP contribution >= 0.6 is 0 Å². The number of carbonyl (C=O) groups is 1. The van der Waals surface area contributed by atoms with Crippen molar-refractivity contribution in [3.63, 3.8) is 0 Å². The van der Waals surface area contributed by atoms with Crippen LogP contribution in [0.4, 0.5) is 10.1 Å². The molecule has 2 aliphatic rings. The minimum absolute atomic E-state index is 0.0545. The van der Waals surface area contributed by atoms with E-state index in [-0.39, 0.29) is 35.9 Å². The number of amides is 1. The predicted molar refractivity (Wildman–Crippen MR) is 90.5 cm³/mol. The highest BCUT2D eigenvalue weighted by Crippen LogP contribution is 2.58. The number of fused-ring (bicyclic) bond motifs is 1. The smallest absolute Gasteiger partial charge is 0.232 e. The Balaban J connectivity index is 1.70. The van der Waals surface area contributed by atoms with Gasteiger partial charge in [-0.25, -0.2) is 17.1 Å². The number of hydrogen-bond donors (Lipinski definition) is 1. The summed E-state index contributed by atoms with van der Waals surface area (Å²) < 4.78 is 39.5. The molecule has 1 aliphatic carbocycles. The maximum Gasteiger partial charge on any atom is 0.232 e. The highest BCUT2D eigenvalue weighted by atomic mass is 32.2. The zero-order valence-corrected chi connectivity index (χ0v) is 15.0. The molecule has 1 aromatic rings. The Labute approximate surface area is 142 Å². The molecule has 2 unspecified atom stereocenters. The molecule has 1 aromatic carbocycles. The van der Waals surface area contributed by atoms with Crippen molar-refractivity contribution in [3.05, 3.63) is 29.6 Å². The molecule has 1 N–H and O–H groups in total. The van der Waals surface area contributed by atoms with E-state index in [1.165, 1.54) is 16.4 Å². The number of sulfonamides is 1. The zero-order chi connectivity index (χ0) is 17.7. The monoisotopic (exact) mass is 354 g/mol. The molecule has 0 bridgehead atoms. The van der Waals surface area contributed by atoms with Gasteiger partial charge in [-0.05, 0) is 48.9 Å².